The van der Waals surface area contributed by atoms with Crippen LogP contribution in [0.25, 0.3) is 11.4 Å². The minimum absolute atomic E-state index is 0.0734. The Morgan fingerprint density at radius 1 is 1.28 bits per heavy atom. The summed E-state index contributed by atoms with van der Waals surface area (Å²) in [5.74, 6) is 0.160. The normalized spacial score (nSPS) is 11.8. The average molecular weight is 424 g/mol. The highest BCUT2D eigenvalue weighted by Crippen LogP contribution is 2.31. The van der Waals surface area contributed by atoms with Gasteiger partial charge >= 0.3 is 6.18 Å². The molecule has 3 rings (SSSR count). The van der Waals surface area contributed by atoms with Gasteiger partial charge in [0.1, 0.15) is 0 Å². The molecule has 1 amide bonds. The molecule has 6 nitrogen and oxygen atoms in total. The number of halogens is 3. The molecule has 0 unspecified atom stereocenters. The van der Waals surface area contributed by atoms with Crippen LogP contribution < -0.4 is 5.32 Å². The van der Waals surface area contributed by atoms with Gasteiger partial charge in [0.2, 0.25) is 17.6 Å². The third kappa shape index (κ3) is 5.88. The van der Waals surface area contributed by atoms with Crippen molar-refractivity contribution in [2.45, 2.75) is 26.2 Å². The summed E-state index contributed by atoms with van der Waals surface area (Å²) in [6, 6.07) is 8.60. The number of aromatic nitrogens is 2. The first-order chi connectivity index (χ1) is 13.8. The molecular formula is C19H19F3N4O2S. The van der Waals surface area contributed by atoms with Gasteiger partial charge in [-0.2, -0.15) is 18.2 Å². The van der Waals surface area contributed by atoms with Crippen LogP contribution in [0, 0.1) is 0 Å². The molecule has 3 aromatic rings. The Kier molecular flexibility index (Phi) is 6.65. The van der Waals surface area contributed by atoms with Crippen LogP contribution in [-0.4, -0.2) is 34.0 Å². The summed E-state index contributed by atoms with van der Waals surface area (Å²) in [5, 5.41) is 8.55. The van der Waals surface area contributed by atoms with Gasteiger partial charge in [0, 0.05) is 10.4 Å². The Balaban J connectivity index is 1.60. The van der Waals surface area contributed by atoms with E-state index in [0.29, 0.717) is 13.1 Å². The van der Waals surface area contributed by atoms with Crippen molar-refractivity contribution in [3.05, 3.63) is 58.1 Å². The minimum Gasteiger partial charge on any atom is -0.350 e. The van der Waals surface area contributed by atoms with Crippen LogP contribution in [0.3, 0.4) is 0 Å². The van der Waals surface area contributed by atoms with Crippen LogP contribution in [-0.2, 0) is 24.1 Å². The summed E-state index contributed by atoms with van der Waals surface area (Å²) in [6.45, 7) is 3.27. The second-order valence-corrected chi connectivity index (χ2v) is 7.28. The molecule has 0 fully saturated rings. The molecular weight excluding hydrogens is 405 g/mol. The number of amides is 1. The molecule has 2 heterocycles. The average Bonchev–Trinajstić information content (AvgIpc) is 3.37. The lowest BCUT2D eigenvalue weighted by molar-refractivity contribution is -0.137. The minimum atomic E-state index is -4.45. The Bertz CT molecular complexity index is 941. The van der Waals surface area contributed by atoms with Gasteiger partial charge in [-0.3, -0.25) is 9.69 Å². The van der Waals surface area contributed by atoms with Crippen LogP contribution in [0.15, 0.2) is 46.3 Å². The lowest BCUT2D eigenvalue weighted by Crippen LogP contribution is -2.36. The second kappa shape index (κ2) is 9.19. The van der Waals surface area contributed by atoms with Crippen LogP contribution >= 0.6 is 11.3 Å². The monoisotopic (exact) mass is 424 g/mol. The number of rotatable bonds is 8. The predicted octanol–water partition coefficient (Wildman–Crippen LogP) is 3.96. The van der Waals surface area contributed by atoms with Crippen LogP contribution in [0.4, 0.5) is 13.2 Å². The highest BCUT2D eigenvalue weighted by Gasteiger charge is 2.30. The summed E-state index contributed by atoms with van der Waals surface area (Å²) < 4.78 is 43.8. The van der Waals surface area contributed by atoms with E-state index in [0.717, 1.165) is 17.0 Å². The van der Waals surface area contributed by atoms with Gasteiger partial charge < -0.3 is 9.84 Å². The van der Waals surface area contributed by atoms with Gasteiger partial charge in [-0.25, -0.2) is 0 Å². The number of carbonyl (C=O) groups is 1. The van der Waals surface area contributed by atoms with Gasteiger partial charge in [-0.05, 0) is 30.1 Å². The number of carbonyl (C=O) groups excluding carboxylic acids is 1. The van der Waals surface area contributed by atoms with Gasteiger partial charge in [-0.1, -0.05) is 30.3 Å². The molecule has 29 heavy (non-hydrogen) atoms. The molecule has 0 bridgehead atoms. The van der Waals surface area contributed by atoms with E-state index in [1.54, 1.807) is 16.2 Å². The van der Waals surface area contributed by atoms with Crippen LogP contribution in [0.2, 0.25) is 0 Å². The van der Waals surface area contributed by atoms with Crippen LogP contribution in [0.1, 0.15) is 23.3 Å². The Morgan fingerprint density at radius 3 is 2.79 bits per heavy atom. The van der Waals surface area contributed by atoms with Crippen molar-refractivity contribution in [1.29, 1.82) is 0 Å². The molecule has 0 aliphatic carbocycles. The lowest BCUT2D eigenvalue weighted by atomic mass is 10.1. The molecule has 1 aromatic carbocycles. The molecule has 0 saturated heterocycles. The predicted molar refractivity (Wildman–Crippen MR) is 102 cm³/mol. The largest absolute Gasteiger partial charge is 0.416 e. The molecule has 154 valence electrons. The number of thiophene rings is 1. The summed E-state index contributed by atoms with van der Waals surface area (Å²) in [6.07, 6.45) is -4.45. The van der Waals surface area contributed by atoms with E-state index < -0.39 is 11.7 Å². The molecule has 0 aliphatic heterocycles. The fourth-order valence-electron chi connectivity index (χ4n) is 2.60. The smallest absolute Gasteiger partial charge is 0.350 e. The lowest BCUT2D eigenvalue weighted by Gasteiger charge is -2.17. The first-order valence-corrected chi connectivity index (χ1v) is 9.74. The zero-order valence-electron chi connectivity index (χ0n) is 15.6. The Hall–Kier alpha value is -2.72. The first-order valence-electron chi connectivity index (χ1n) is 8.87. The zero-order valence-corrected chi connectivity index (χ0v) is 16.4. The Labute approximate surface area is 169 Å². The molecule has 0 aliphatic rings. The van der Waals surface area contributed by atoms with Crippen molar-refractivity contribution < 1.29 is 22.5 Å². The van der Waals surface area contributed by atoms with E-state index in [2.05, 4.69) is 15.5 Å². The van der Waals surface area contributed by atoms with Crippen molar-refractivity contribution in [2.75, 3.05) is 13.1 Å². The summed E-state index contributed by atoms with van der Waals surface area (Å²) in [5.41, 5.74) is -0.564. The number of hydrogen-bond donors (Lipinski definition) is 1. The van der Waals surface area contributed by atoms with Gasteiger partial charge in [0.05, 0.1) is 25.2 Å². The first kappa shape index (κ1) is 21.0. The maximum absolute atomic E-state index is 12.9. The molecule has 0 saturated carbocycles. The van der Waals surface area contributed by atoms with E-state index in [1.165, 1.54) is 12.1 Å². The van der Waals surface area contributed by atoms with E-state index in [9.17, 15) is 18.0 Å². The maximum Gasteiger partial charge on any atom is 0.416 e. The van der Waals surface area contributed by atoms with Crippen molar-refractivity contribution in [3.63, 3.8) is 0 Å². The summed E-state index contributed by atoms with van der Waals surface area (Å²) in [7, 11) is 0. The van der Waals surface area contributed by atoms with E-state index in [-0.39, 0.29) is 36.3 Å². The standard InChI is InChI=1S/C19H19F3N4O2S/c1-2-26(11-16(27)23-10-15-7-4-8-29-15)12-17-24-18(25-28-17)13-5-3-6-14(9-13)19(20,21)22/h3-9H,2,10-12H2,1H3,(H,23,27). The quantitative estimate of drug-likeness (QED) is 0.593. The van der Waals surface area contributed by atoms with Crippen molar-refractivity contribution >= 4 is 17.2 Å². The number of nitrogens with one attached hydrogen (secondary N) is 1. The molecule has 10 heteroatoms. The topological polar surface area (TPSA) is 71.3 Å². The molecule has 2 aromatic heterocycles. The fraction of sp³-hybridized carbons (Fsp3) is 0.316. The summed E-state index contributed by atoms with van der Waals surface area (Å²) in [4.78, 5) is 19.2. The fourth-order valence-corrected chi connectivity index (χ4v) is 3.24. The number of benzene rings is 1. The number of hydrogen-bond acceptors (Lipinski definition) is 6. The van der Waals surface area contributed by atoms with E-state index in [4.69, 9.17) is 4.52 Å². The van der Waals surface area contributed by atoms with Crippen molar-refractivity contribution in [1.82, 2.24) is 20.4 Å². The third-order valence-electron chi connectivity index (χ3n) is 4.13. The maximum atomic E-state index is 12.9. The second-order valence-electron chi connectivity index (χ2n) is 6.25. The highest BCUT2D eigenvalue weighted by atomic mass is 32.1. The number of likely N-dealkylation sites (N-methyl/N-ethyl adjacent to an activating group) is 1. The number of nitrogens with zero attached hydrogens (tertiary/aromatic N) is 3. The van der Waals surface area contributed by atoms with Crippen molar-refractivity contribution in [2.24, 2.45) is 0 Å². The molecule has 0 radical (unpaired) electrons. The van der Waals surface area contributed by atoms with Gasteiger partial charge in [0.15, 0.2) is 0 Å². The van der Waals surface area contributed by atoms with Crippen LogP contribution in [0.5, 0.6) is 0 Å². The summed E-state index contributed by atoms with van der Waals surface area (Å²) >= 11 is 1.56. The van der Waals surface area contributed by atoms with Crippen molar-refractivity contribution in [3.8, 4) is 11.4 Å². The zero-order chi connectivity index (χ0) is 20.9. The van der Waals surface area contributed by atoms with Gasteiger partial charge in [0.25, 0.3) is 0 Å². The highest BCUT2D eigenvalue weighted by molar-refractivity contribution is 7.09. The Morgan fingerprint density at radius 2 is 2.10 bits per heavy atom. The number of alkyl halides is 3. The van der Waals surface area contributed by atoms with E-state index >= 15 is 0 Å². The molecule has 0 spiro atoms. The SMILES string of the molecule is CCN(CC(=O)NCc1cccs1)Cc1nc(-c2cccc(C(F)(F)F)c2)no1. The van der Waals surface area contributed by atoms with Gasteiger partial charge in [-0.15, -0.1) is 11.3 Å². The molecule has 0 atom stereocenters. The third-order valence-corrected chi connectivity index (χ3v) is 5.01. The van der Waals surface area contributed by atoms with E-state index in [1.807, 2.05) is 24.4 Å². The molecule has 1 N–H and O–H groups in total.